The maximum Gasteiger partial charge on any atom is 0.221 e. The summed E-state index contributed by atoms with van der Waals surface area (Å²) < 4.78 is 0. The van der Waals surface area contributed by atoms with Gasteiger partial charge in [0.15, 0.2) is 0 Å². The highest BCUT2D eigenvalue weighted by atomic mass is 16.1. The Bertz CT molecular complexity index is 171. The van der Waals surface area contributed by atoms with Crippen LogP contribution in [0.25, 0.3) is 0 Å². The Kier molecular flexibility index (Phi) is 8.33. The molecule has 4 N–H and O–H groups in total. The fraction of sp³-hybridized carbons (Fsp3) is 0.909. The number of hydrogen-bond acceptors (Lipinski definition) is 3. The second kappa shape index (κ2) is 8.68. The molecule has 4 nitrogen and oxygen atoms in total. The predicted octanol–water partition coefficient (Wildman–Crippen LogP) is 0.333. The molecule has 0 spiro atoms. The third-order valence-electron chi connectivity index (χ3n) is 2.55. The van der Waals surface area contributed by atoms with Crippen molar-refractivity contribution in [2.75, 3.05) is 26.2 Å². The van der Waals surface area contributed by atoms with Crippen LogP contribution in [0, 0.1) is 11.8 Å². The number of rotatable bonds is 8. The molecule has 0 saturated carbocycles. The molecule has 15 heavy (non-hydrogen) atoms. The summed E-state index contributed by atoms with van der Waals surface area (Å²) in [7, 11) is 0. The molecule has 0 fully saturated rings. The SMILES string of the molecule is CCNC(=O)CCNCC(CN)C(C)C. The van der Waals surface area contributed by atoms with Gasteiger partial charge in [-0.3, -0.25) is 4.79 Å². The van der Waals surface area contributed by atoms with Gasteiger partial charge in [0.1, 0.15) is 0 Å². The van der Waals surface area contributed by atoms with E-state index in [1.54, 1.807) is 0 Å². The third-order valence-corrected chi connectivity index (χ3v) is 2.55. The topological polar surface area (TPSA) is 67.2 Å². The van der Waals surface area contributed by atoms with Gasteiger partial charge in [-0.15, -0.1) is 0 Å². The summed E-state index contributed by atoms with van der Waals surface area (Å²) in [6.07, 6.45) is 0.545. The van der Waals surface area contributed by atoms with Gasteiger partial charge in [0.05, 0.1) is 0 Å². The first-order chi connectivity index (χ1) is 7.11. The van der Waals surface area contributed by atoms with E-state index in [0.717, 1.165) is 13.1 Å². The Balaban J connectivity index is 3.48. The van der Waals surface area contributed by atoms with Crippen molar-refractivity contribution in [2.45, 2.75) is 27.2 Å². The van der Waals surface area contributed by atoms with Crippen molar-refractivity contribution in [1.29, 1.82) is 0 Å². The smallest absolute Gasteiger partial charge is 0.221 e. The van der Waals surface area contributed by atoms with Crippen molar-refractivity contribution in [3.05, 3.63) is 0 Å². The molecular weight excluding hydrogens is 190 g/mol. The normalized spacial score (nSPS) is 12.9. The number of nitrogens with two attached hydrogens (primary N) is 1. The predicted molar refractivity (Wildman–Crippen MR) is 63.6 cm³/mol. The number of nitrogens with one attached hydrogen (secondary N) is 2. The summed E-state index contributed by atoms with van der Waals surface area (Å²) in [6, 6.07) is 0. The first kappa shape index (κ1) is 14.4. The van der Waals surface area contributed by atoms with Crippen molar-refractivity contribution in [1.82, 2.24) is 10.6 Å². The minimum atomic E-state index is 0.110. The van der Waals surface area contributed by atoms with Gasteiger partial charge in [-0.2, -0.15) is 0 Å². The van der Waals surface area contributed by atoms with E-state index in [2.05, 4.69) is 24.5 Å². The molecule has 0 aliphatic rings. The number of carbonyl (C=O) groups is 1. The first-order valence-electron chi connectivity index (χ1n) is 5.79. The molecule has 0 aliphatic heterocycles. The summed E-state index contributed by atoms with van der Waals surface area (Å²) >= 11 is 0. The van der Waals surface area contributed by atoms with E-state index >= 15 is 0 Å². The van der Waals surface area contributed by atoms with Crippen LogP contribution in [0.1, 0.15) is 27.2 Å². The molecule has 0 aliphatic carbocycles. The lowest BCUT2D eigenvalue weighted by Crippen LogP contribution is -2.34. The zero-order valence-corrected chi connectivity index (χ0v) is 10.2. The van der Waals surface area contributed by atoms with Gasteiger partial charge in [0.25, 0.3) is 0 Å². The average Bonchev–Trinajstić information content (AvgIpc) is 2.17. The Hall–Kier alpha value is -0.610. The van der Waals surface area contributed by atoms with Crippen molar-refractivity contribution < 1.29 is 4.79 Å². The molecule has 0 rings (SSSR count). The van der Waals surface area contributed by atoms with E-state index in [1.165, 1.54) is 0 Å². The van der Waals surface area contributed by atoms with E-state index in [0.29, 0.717) is 31.3 Å². The quantitative estimate of drug-likeness (QED) is 0.511. The van der Waals surface area contributed by atoms with Crippen LogP contribution in [0.3, 0.4) is 0 Å². The fourth-order valence-electron chi connectivity index (χ4n) is 1.37. The fourth-order valence-corrected chi connectivity index (χ4v) is 1.37. The second-order valence-electron chi connectivity index (χ2n) is 4.15. The minimum absolute atomic E-state index is 0.110. The van der Waals surface area contributed by atoms with Crippen LogP contribution in [-0.2, 0) is 4.79 Å². The van der Waals surface area contributed by atoms with Crippen molar-refractivity contribution in [3.8, 4) is 0 Å². The Morgan fingerprint density at radius 2 is 2.07 bits per heavy atom. The van der Waals surface area contributed by atoms with Crippen LogP contribution in [0.15, 0.2) is 0 Å². The van der Waals surface area contributed by atoms with E-state index in [-0.39, 0.29) is 5.91 Å². The molecule has 1 unspecified atom stereocenters. The van der Waals surface area contributed by atoms with Gasteiger partial charge >= 0.3 is 0 Å². The van der Waals surface area contributed by atoms with Gasteiger partial charge < -0.3 is 16.4 Å². The molecular formula is C11H25N3O. The maximum absolute atomic E-state index is 11.1. The maximum atomic E-state index is 11.1. The van der Waals surface area contributed by atoms with Crippen LogP contribution < -0.4 is 16.4 Å². The van der Waals surface area contributed by atoms with Crippen LogP contribution in [0.2, 0.25) is 0 Å². The van der Waals surface area contributed by atoms with Gasteiger partial charge in [0.2, 0.25) is 5.91 Å². The summed E-state index contributed by atoms with van der Waals surface area (Å²) in [4.78, 5) is 11.1. The Labute approximate surface area is 93.0 Å². The zero-order chi connectivity index (χ0) is 11.7. The lowest BCUT2D eigenvalue weighted by molar-refractivity contribution is -0.120. The van der Waals surface area contributed by atoms with E-state index in [4.69, 9.17) is 5.73 Å². The molecule has 0 saturated heterocycles. The molecule has 1 amide bonds. The largest absolute Gasteiger partial charge is 0.356 e. The monoisotopic (exact) mass is 215 g/mol. The average molecular weight is 215 g/mol. The highest BCUT2D eigenvalue weighted by molar-refractivity contribution is 5.75. The highest BCUT2D eigenvalue weighted by Gasteiger charge is 2.10. The number of amides is 1. The summed E-state index contributed by atoms with van der Waals surface area (Å²) in [5.41, 5.74) is 5.64. The molecule has 0 aromatic rings. The standard InChI is InChI=1S/C11H25N3O/c1-4-14-11(15)5-6-13-8-10(7-12)9(2)3/h9-10,13H,4-8,12H2,1-3H3,(H,14,15). The van der Waals surface area contributed by atoms with Crippen molar-refractivity contribution >= 4 is 5.91 Å². The third kappa shape index (κ3) is 7.33. The van der Waals surface area contributed by atoms with Gasteiger partial charge in [-0.1, -0.05) is 13.8 Å². The van der Waals surface area contributed by atoms with E-state index < -0.39 is 0 Å². The number of hydrogen-bond donors (Lipinski definition) is 3. The van der Waals surface area contributed by atoms with Crippen LogP contribution in [0.5, 0.6) is 0 Å². The highest BCUT2D eigenvalue weighted by Crippen LogP contribution is 2.06. The van der Waals surface area contributed by atoms with Gasteiger partial charge in [0, 0.05) is 19.5 Å². The van der Waals surface area contributed by atoms with Crippen molar-refractivity contribution in [2.24, 2.45) is 17.6 Å². The summed E-state index contributed by atoms with van der Waals surface area (Å²) in [5, 5.41) is 6.03. The molecule has 1 atom stereocenters. The second-order valence-corrected chi connectivity index (χ2v) is 4.15. The molecule has 0 radical (unpaired) electrons. The molecule has 4 heteroatoms. The Morgan fingerprint density at radius 3 is 2.53 bits per heavy atom. The molecule has 0 bridgehead atoms. The zero-order valence-electron chi connectivity index (χ0n) is 10.2. The first-order valence-corrected chi connectivity index (χ1v) is 5.79. The van der Waals surface area contributed by atoms with Crippen molar-refractivity contribution in [3.63, 3.8) is 0 Å². The van der Waals surface area contributed by atoms with Crippen LogP contribution in [0.4, 0.5) is 0 Å². The number of carbonyl (C=O) groups excluding carboxylic acids is 1. The van der Waals surface area contributed by atoms with Crippen LogP contribution >= 0.6 is 0 Å². The molecule has 0 heterocycles. The summed E-state index contributed by atoms with van der Waals surface area (Å²) in [5.74, 6) is 1.20. The minimum Gasteiger partial charge on any atom is -0.356 e. The summed E-state index contributed by atoms with van der Waals surface area (Å²) in [6.45, 7) is 9.30. The van der Waals surface area contributed by atoms with E-state index in [1.807, 2.05) is 6.92 Å². The molecule has 90 valence electrons. The van der Waals surface area contributed by atoms with Gasteiger partial charge in [-0.05, 0) is 31.8 Å². The molecule has 0 aromatic carbocycles. The van der Waals surface area contributed by atoms with E-state index in [9.17, 15) is 4.79 Å². The van der Waals surface area contributed by atoms with Crippen LogP contribution in [-0.4, -0.2) is 32.1 Å². The Morgan fingerprint density at radius 1 is 1.40 bits per heavy atom. The lowest BCUT2D eigenvalue weighted by Gasteiger charge is -2.19. The molecule has 0 aromatic heterocycles. The lowest BCUT2D eigenvalue weighted by atomic mass is 9.96. The van der Waals surface area contributed by atoms with Gasteiger partial charge in [-0.25, -0.2) is 0 Å².